The smallest absolute Gasteiger partial charge is 0.281 e. The molecule has 4 rings (SSSR count). The zero-order valence-electron chi connectivity index (χ0n) is 15.4. The van der Waals surface area contributed by atoms with Crippen LogP contribution in [0.2, 0.25) is 0 Å². The van der Waals surface area contributed by atoms with Gasteiger partial charge < -0.3 is 10.2 Å². The molecule has 2 saturated heterocycles. The van der Waals surface area contributed by atoms with E-state index < -0.39 is 0 Å². The van der Waals surface area contributed by atoms with Crippen LogP contribution in [0.1, 0.15) is 30.4 Å². The molecule has 2 aromatic carbocycles. The quantitative estimate of drug-likeness (QED) is 0.641. The molecule has 2 aliphatic heterocycles. The Kier molecular flexibility index (Phi) is 4.94. The molecule has 0 aromatic heterocycles. The van der Waals surface area contributed by atoms with Gasteiger partial charge in [0.2, 0.25) is 0 Å². The Bertz CT molecular complexity index is 881. The zero-order chi connectivity index (χ0) is 18.8. The predicted molar refractivity (Wildman–Crippen MR) is 115 cm³/mol. The summed E-state index contributed by atoms with van der Waals surface area (Å²) in [5, 5.41) is 3.47. The molecule has 1 N–H and O–H groups in total. The van der Waals surface area contributed by atoms with Crippen molar-refractivity contribution >= 4 is 40.7 Å². The van der Waals surface area contributed by atoms with Gasteiger partial charge in [0.15, 0.2) is 5.11 Å². The molecular weight excluding hydrogens is 354 g/mol. The monoisotopic (exact) mass is 377 g/mol. The summed E-state index contributed by atoms with van der Waals surface area (Å²) in [5.41, 5.74) is 4.67. The van der Waals surface area contributed by atoms with Crippen molar-refractivity contribution in [3.05, 3.63) is 65.4 Å². The molecule has 138 valence electrons. The minimum Gasteiger partial charge on any atom is -0.372 e. The number of benzene rings is 2. The van der Waals surface area contributed by atoms with E-state index in [4.69, 9.17) is 12.2 Å². The maximum absolute atomic E-state index is 12.8. The molecule has 4 nitrogen and oxygen atoms in total. The van der Waals surface area contributed by atoms with Crippen molar-refractivity contribution in [2.24, 2.45) is 0 Å². The third kappa shape index (κ3) is 3.74. The van der Waals surface area contributed by atoms with Crippen molar-refractivity contribution in [2.45, 2.75) is 26.2 Å². The molecule has 0 bridgehead atoms. The van der Waals surface area contributed by atoms with Crippen molar-refractivity contribution in [1.82, 2.24) is 5.32 Å². The van der Waals surface area contributed by atoms with Gasteiger partial charge in [0.05, 0.1) is 5.69 Å². The molecule has 0 atom stereocenters. The van der Waals surface area contributed by atoms with E-state index in [9.17, 15) is 4.79 Å². The van der Waals surface area contributed by atoms with E-state index in [-0.39, 0.29) is 5.91 Å². The molecule has 2 heterocycles. The molecule has 5 heteroatoms. The lowest BCUT2D eigenvalue weighted by Crippen LogP contribution is -2.30. The summed E-state index contributed by atoms with van der Waals surface area (Å²) >= 11 is 5.38. The normalized spacial score (nSPS) is 18.9. The highest BCUT2D eigenvalue weighted by atomic mass is 32.1. The molecule has 0 spiro atoms. The van der Waals surface area contributed by atoms with Gasteiger partial charge in [-0.15, -0.1) is 0 Å². The summed E-state index contributed by atoms with van der Waals surface area (Å²) in [7, 11) is 0. The van der Waals surface area contributed by atoms with E-state index in [1.165, 1.54) is 24.9 Å². The van der Waals surface area contributed by atoms with Gasteiger partial charge in [-0.05, 0) is 74.3 Å². The minimum absolute atomic E-state index is 0.121. The number of hydrogen-bond acceptors (Lipinski definition) is 3. The van der Waals surface area contributed by atoms with Gasteiger partial charge in [-0.3, -0.25) is 9.69 Å². The first-order valence-corrected chi connectivity index (χ1v) is 9.81. The van der Waals surface area contributed by atoms with Gasteiger partial charge in [0, 0.05) is 18.8 Å². The van der Waals surface area contributed by atoms with Crippen LogP contribution in [0, 0.1) is 6.92 Å². The van der Waals surface area contributed by atoms with Crippen LogP contribution in [0.25, 0.3) is 6.08 Å². The average molecular weight is 378 g/mol. The molecule has 1 amide bonds. The van der Waals surface area contributed by atoms with Gasteiger partial charge in [-0.1, -0.05) is 29.8 Å². The zero-order valence-corrected chi connectivity index (χ0v) is 16.3. The van der Waals surface area contributed by atoms with Crippen molar-refractivity contribution in [3.63, 3.8) is 0 Å². The van der Waals surface area contributed by atoms with E-state index >= 15 is 0 Å². The molecule has 2 aromatic rings. The summed E-state index contributed by atoms with van der Waals surface area (Å²) < 4.78 is 0. The van der Waals surface area contributed by atoms with Crippen LogP contribution in [0.3, 0.4) is 0 Å². The van der Waals surface area contributed by atoms with E-state index in [1.807, 2.05) is 37.3 Å². The third-order valence-corrected chi connectivity index (χ3v) is 5.38. The Morgan fingerprint density at radius 1 is 0.926 bits per heavy atom. The Hall–Kier alpha value is -2.66. The number of aryl methyl sites for hydroxylation is 1. The van der Waals surface area contributed by atoms with Crippen molar-refractivity contribution in [3.8, 4) is 0 Å². The van der Waals surface area contributed by atoms with E-state index in [1.54, 1.807) is 4.90 Å². The summed E-state index contributed by atoms with van der Waals surface area (Å²) in [5.74, 6) is -0.121. The lowest BCUT2D eigenvalue weighted by Gasteiger charge is -2.28. The highest BCUT2D eigenvalue weighted by Crippen LogP contribution is 2.24. The first-order valence-electron chi connectivity index (χ1n) is 9.41. The lowest BCUT2D eigenvalue weighted by atomic mass is 10.1. The number of rotatable bonds is 3. The number of hydrogen-bond donors (Lipinski definition) is 1. The lowest BCUT2D eigenvalue weighted by molar-refractivity contribution is -0.113. The predicted octanol–water partition coefficient (Wildman–Crippen LogP) is 4.25. The van der Waals surface area contributed by atoms with E-state index in [0.29, 0.717) is 10.8 Å². The van der Waals surface area contributed by atoms with Crippen molar-refractivity contribution < 1.29 is 4.79 Å². The molecule has 0 radical (unpaired) electrons. The highest BCUT2D eigenvalue weighted by Gasteiger charge is 2.31. The molecule has 27 heavy (non-hydrogen) atoms. The molecule has 0 saturated carbocycles. The molecule has 0 unspecified atom stereocenters. The number of amides is 1. The molecule has 2 aliphatic rings. The van der Waals surface area contributed by atoms with Crippen LogP contribution in [-0.4, -0.2) is 24.1 Å². The van der Waals surface area contributed by atoms with Gasteiger partial charge in [-0.2, -0.15) is 0 Å². The molecule has 0 aliphatic carbocycles. The largest absolute Gasteiger partial charge is 0.372 e. The van der Waals surface area contributed by atoms with E-state index in [0.717, 1.165) is 29.9 Å². The highest BCUT2D eigenvalue weighted by molar-refractivity contribution is 7.80. The van der Waals surface area contributed by atoms with E-state index in [2.05, 4.69) is 34.5 Å². The second-order valence-corrected chi connectivity index (χ2v) is 7.49. The summed E-state index contributed by atoms with van der Waals surface area (Å²) in [6.07, 6.45) is 5.71. The maximum atomic E-state index is 12.8. The number of thiocarbonyl (C=S) groups is 1. The number of nitrogens with zero attached hydrogens (tertiary/aromatic N) is 2. The number of anilines is 2. The van der Waals surface area contributed by atoms with Gasteiger partial charge in [0.1, 0.15) is 5.70 Å². The Labute approximate surface area is 165 Å². The summed E-state index contributed by atoms with van der Waals surface area (Å²) in [6, 6.07) is 16.2. The molecule has 2 fully saturated rings. The number of carbonyl (C=O) groups excluding carboxylic acids is 1. The fraction of sp³-hybridized carbons (Fsp3) is 0.273. The van der Waals surface area contributed by atoms with Crippen LogP contribution in [-0.2, 0) is 4.79 Å². The fourth-order valence-electron chi connectivity index (χ4n) is 3.56. The Morgan fingerprint density at radius 3 is 2.22 bits per heavy atom. The van der Waals surface area contributed by atoms with Crippen LogP contribution < -0.4 is 15.1 Å². The van der Waals surface area contributed by atoms with Crippen molar-refractivity contribution in [2.75, 3.05) is 22.9 Å². The van der Waals surface area contributed by atoms with Crippen molar-refractivity contribution in [1.29, 1.82) is 0 Å². The average Bonchev–Trinajstić information content (AvgIpc) is 2.97. The maximum Gasteiger partial charge on any atom is 0.281 e. The standard InChI is InChI=1S/C22H23N3OS/c1-16-5-9-19(10-6-16)25-21(26)20(23-22(25)27)15-17-7-11-18(12-8-17)24-13-3-2-4-14-24/h5-12,15H,2-4,13-14H2,1H3,(H,23,27)/b20-15+. The number of nitrogens with one attached hydrogen (secondary N) is 1. The van der Waals surface area contributed by atoms with Gasteiger partial charge >= 0.3 is 0 Å². The Morgan fingerprint density at radius 2 is 1.56 bits per heavy atom. The van der Waals surface area contributed by atoms with Crippen LogP contribution in [0.4, 0.5) is 11.4 Å². The first kappa shape index (κ1) is 17.7. The second kappa shape index (κ2) is 7.53. The topological polar surface area (TPSA) is 35.6 Å². The third-order valence-electron chi connectivity index (χ3n) is 5.10. The van der Waals surface area contributed by atoms with Crippen LogP contribution in [0.15, 0.2) is 54.2 Å². The fourth-order valence-corrected chi connectivity index (χ4v) is 3.86. The van der Waals surface area contributed by atoms with Crippen LogP contribution in [0.5, 0.6) is 0 Å². The second-order valence-electron chi connectivity index (χ2n) is 7.10. The number of carbonyl (C=O) groups is 1. The summed E-state index contributed by atoms with van der Waals surface area (Å²) in [4.78, 5) is 16.8. The van der Waals surface area contributed by atoms with Crippen LogP contribution >= 0.6 is 12.2 Å². The SMILES string of the molecule is Cc1ccc(N2C(=O)/C(=C\c3ccc(N4CCCCC4)cc3)NC2=S)cc1. The first-order chi connectivity index (χ1) is 13.1. The summed E-state index contributed by atoms with van der Waals surface area (Å²) in [6.45, 7) is 4.27. The number of piperidine rings is 1. The van der Waals surface area contributed by atoms with Gasteiger partial charge in [0.25, 0.3) is 5.91 Å². The Balaban J connectivity index is 1.53. The van der Waals surface area contributed by atoms with Gasteiger partial charge in [-0.25, -0.2) is 0 Å². The minimum atomic E-state index is -0.121. The molecular formula is C22H23N3OS.